The molecule has 4 atom stereocenters. The van der Waals surface area contributed by atoms with Crippen LogP contribution in [0.5, 0.6) is 5.75 Å². The molecule has 1 heterocycles. The summed E-state index contributed by atoms with van der Waals surface area (Å²) in [6.45, 7) is 5.86. The lowest BCUT2D eigenvalue weighted by Crippen LogP contribution is -2.45. The van der Waals surface area contributed by atoms with Crippen LogP contribution >= 0.6 is 0 Å². The van der Waals surface area contributed by atoms with E-state index >= 15 is 0 Å². The van der Waals surface area contributed by atoms with Crippen LogP contribution in [0, 0.1) is 11.8 Å². The molecule has 31 heavy (non-hydrogen) atoms. The highest BCUT2D eigenvalue weighted by atomic mass is 16.4. The number of carbonyl (C=O) groups is 2. The number of nitrogens with zero attached hydrogens (tertiary/aromatic N) is 1. The van der Waals surface area contributed by atoms with E-state index in [-0.39, 0.29) is 30.5 Å². The summed E-state index contributed by atoms with van der Waals surface area (Å²) in [6.07, 6.45) is 1.53. The number of piperidine rings is 1. The highest BCUT2D eigenvalue weighted by Gasteiger charge is 2.34. The van der Waals surface area contributed by atoms with Gasteiger partial charge in [-0.15, -0.1) is 0 Å². The van der Waals surface area contributed by atoms with E-state index < -0.39 is 12.0 Å². The van der Waals surface area contributed by atoms with Crippen LogP contribution in [-0.4, -0.2) is 46.1 Å². The molecule has 0 saturated carbocycles. The largest absolute Gasteiger partial charge is 0.508 e. The van der Waals surface area contributed by atoms with E-state index in [4.69, 9.17) is 0 Å². The Kier molecular flexibility index (Phi) is 7.69. The highest BCUT2D eigenvalue weighted by Crippen LogP contribution is 2.39. The number of amides is 1. The smallest absolute Gasteiger partial charge is 0.326 e. The number of carbonyl (C=O) groups excluding carboxylic acids is 1. The van der Waals surface area contributed by atoms with E-state index in [0.717, 1.165) is 24.1 Å². The average Bonchev–Trinajstić information content (AvgIpc) is 2.74. The molecule has 0 spiro atoms. The van der Waals surface area contributed by atoms with Gasteiger partial charge in [0.1, 0.15) is 11.8 Å². The average molecular weight is 425 g/mol. The topological polar surface area (TPSA) is 89.9 Å². The normalized spacial score (nSPS) is 22.6. The van der Waals surface area contributed by atoms with E-state index in [0.29, 0.717) is 18.4 Å². The monoisotopic (exact) mass is 424 g/mol. The van der Waals surface area contributed by atoms with Gasteiger partial charge < -0.3 is 15.5 Å². The summed E-state index contributed by atoms with van der Waals surface area (Å²) in [7, 11) is 0. The van der Waals surface area contributed by atoms with Gasteiger partial charge in [-0.1, -0.05) is 56.3 Å². The van der Waals surface area contributed by atoms with Gasteiger partial charge >= 0.3 is 5.97 Å². The molecule has 2 aromatic carbocycles. The van der Waals surface area contributed by atoms with Crippen molar-refractivity contribution >= 4 is 11.9 Å². The van der Waals surface area contributed by atoms with Gasteiger partial charge in [0.15, 0.2) is 0 Å². The third kappa shape index (κ3) is 6.07. The van der Waals surface area contributed by atoms with Crippen LogP contribution in [0.25, 0.3) is 0 Å². The molecule has 166 valence electrons. The van der Waals surface area contributed by atoms with Crippen LogP contribution in [0.15, 0.2) is 54.6 Å². The van der Waals surface area contributed by atoms with Gasteiger partial charge in [-0.3, -0.25) is 9.69 Å². The molecule has 0 radical (unpaired) electrons. The second-order valence-electron chi connectivity index (χ2n) is 8.60. The standard InChI is InChI=1S/C25H32N2O4/c1-17-11-13-27(24(18(17)2)20-9-6-10-21(28)16-20)14-12-23(29)26-22(25(30)31)15-19-7-4-3-5-8-19/h3-10,16-18,22,24,28H,11-15H2,1-2H3,(H,26,29)(H,30,31)/t17-,18-,22+,24?/m1/s1. The molecule has 3 N–H and O–H groups in total. The number of phenols is 1. The first kappa shape index (κ1) is 22.8. The van der Waals surface area contributed by atoms with Gasteiger partial charge in [0, 0.05) is 25.4 Å². The first-order valence-electron chi connectivity index (χ1n) is 10.9. The predicted octanol–water partition coefficient (Wildman–Crippen LogP) is 3.61. The molecule has 1 saturated heterocycles. The molecule has 1 unspecified atom stereocenters. The number of aliphatic carboxylic acids is 1. The minimum atomic E-state index is -1.03. The van der Waals surface area contributed by atoms with Gasteiger partial charge in [0.25, 0.3) is 0 Å². The van der Waals surface area contributed by atoms with Gasteiger partial charge in [-0.05, 0) is 48.1 Å². The van der Waals surface area contributed by atoms with Gasteiger partial charge in [0.2, 0.25) is 5.91 Å². The van der Waals surface area contributed by atoms with Crippen molar-refractivity contribution in [2.45, 2.75) is 45.2 Å². The molecule has 1 aliphatic heterocycles. The third-order valence-corrected chi connectivity index (χ3v) is 6.41. The Morgan fingerprint density at radius 1 is 1.13 bits per heavy atom. The first-order valence-corrected chi connectivity index (χ1v) is 10.9. The minimum Gasteiger partial charge on any atom is -0.508 e. The number of carboxylic acid groups (broad SMARTS) is 1. The quantitative estimate of drug-likeness (QED) is 0.602. The van der Waals surface area contributed by atoms with E-state index in [9.17, 15) is 19.8 Å². The van der Waals surface area contributed by atoms with Gasteiger partial charge in [-0.25, -0.2) is 4.79 Å². The van der Waals surface area contributed by atoms with E-state index in [1.165, 1.54) is 0 Å². The second-order valence-corrected chi connectivity index (χ2v) is 8.60. The van der Waals surface area contributed by atoms with Gasteiger partial charge in [-0.2, -0.15) is 0 Å². The summed E-state index contributed by atoms with van der Waals surface area (Å²) in [5.74, 6) is -0.131. The molecule has 6 heteroatoms. The molecular weight excluding hydrogens is 392 g/mol. The summed E-state index contributed by atoms with van der Waals surface area (Å²) in [4.78, 5) is 26.5. The molecule has 1 fully saturated rings. The zero-order chi connectivity index (χ0) is 22.4. The maximum absolute atomic E-state index is 12.6. The number of rotatable bonds is 8. The highest BCUT2D eigenvalue weighted by molar-refractivity contribution is 5.83. The number of nitrogens with one attached hydrogen (secondary N) is 1. The molecule has 6 nitrogen and oxygen atoms in total. The molecular formula is C25H32N2O4. The zero-order valence-corrected chi connectivity index (χ0v) is 18.2. The van der Waals surface area contributed by atoms with Crippen molar-refractivity contribution in [3.63, 3.8) is 0 Å². The number of likely N-dealkylation sites (tertiary alicyclic amines) is 1. The predicted molar refractivity (Wildman–Crippen MR) is 120 cm³/mol. The third-order valence-electron chi connectivity index (χ3n) is 6.41. The lowest BCUT2D eigenvalue weighted by Gasteiger charge is -2.43. The molecule has 2 aromatic rings. The van der Waals surface area contributed by atoms with Crippen LogP contribution < -0.4 is 5.32 Å². The van der Waals surface area contributed by atoms with Crippen molar-refractivity contribution < 1.29 is 19.8 Å². The number of hydrogen-bond donors (Lipinski definition) is 3. The summed E-state index contributed by atoms with van der Waals surface area (Å²) in [6, 6.07) is 15.8. The fraction of sp³-hybridized carbons (Fsp3) is 0.440. The molecule has 0 aliphatic carbocycles. The van der Waals surface area contributed by atoms with Crippen LogP contribution in [0.3, 0.4) is 0 Å². The summed E-state index contributed by atoms with van der Waals surface area (Å²) in [5.41, 5.74) is 1.92. The van der Waals surface area contributed by atoms with Crippen LogP contribution in [-0.2, 0) is 16.0 Å². The van der Waals surface area contributed by atoms with Crippen LogP contribution in [0.4, 0.5) is 0 Å². The Labute approximate surface area is 183 Å². The maximum Gasteiger partial charge on any atom is 0.326 e. The Morgan fingerprint density at radius 2 is 1.87 bits per heavy atom. The fourth-order valence-electron chi connectivity index (χ4n) is 4.45. The lowest BCUT2D eigenvalue weighted by atomic mass is 9.79. The van der Waals surface area contributed by atoms with E-state index in [2.05, 4.69) is 24.1 Å². The SMILES string of the molecule is C[C@@H]1CCN(CCC(=O)N[C@@H](Cc2ccccc2)C(=O)O)C(c2cccc(O)c2)[C@@H]1C. The summed E-state index contributed by atoms with van der Waals surface area (Å²) >= 11 is 0. The van der Waals surface area contributed by atoms with Crippen molar-refractivity contribution in [1.29, 1.82) is 0 Å². The molecule has 3 rings (SSSR count). The fourth-order valence-corrected chi connectivity index (χ4v) is 4.45. The van der Waals surface area contributed by atoms with Crippen molar-refractivity contribution in [2.75, 3.05) is 13.1 Å². The first-order chi connectivity index (χ1) is 14.8. The van der Waals surface area contributed by atoms with Crippen LogP contribution in [0.1, 0.15) is 43.9 Å². The second kappa shape index (κ2) is 10.4. The van der Waals surface area contributed by atoms with Gasteiger partial charge in [0.05, 0.1) is 0 Å². The number of carboxylic acids is 1. The Morgan fingerprint density at radius 3 is 2.55 bits per heavy atom. The van der Waals surface area contributed by atoms with Crippen LogP contribution in [0.2, 0.25) is 0 Å². The van der Waals surface area contributed by atoms with Crippen molar-refractivity contribution in [1.82, 2.24) is 10.2 Å². The van der Waals surface area contributed by atoms with Crippen molar-refractivity contribution in [2.24, 2.45) is 11.8 Å². The number of benzene rings is 2. The van der Waals surface area contributed by atoms with Crippen molar-refractivity contribution in [3.05, 3.63) is 65.7 Å². The Hall–Kier alpha value is -2.86. The van der Waals surface area contributed by atoms with E-state index in [1.807, 2.05) is 42.5 Å². The number of aromatic hydroxyl groups is 1. The van der Waals surface area contributed by atoms with E-state index in [1.54, 1.807) is 12.1 Å². The zero-order valence-electron chi connectivity index (χ0n) is 18.2. The molecule has 0 bridgehead atoms. The minimum absolute atomic E-state index is 0.114. The lowest BCUT2D eigenvalue weighted by molar-refractivity contribution is -0.141. The van der Waals surface area contributed by atoms with Crippen molar-refractivity contribution in [3.8, 4) is 5.75 Å². The molecule has 1 aliphatic rings. The summed E-state index contributed by atoms with van der Waals surface area (Å²) < 4.78 is 0. The number of phenolic OH excluding ortho intramolecular Hbond substituents is 1. The molecule has 1 amide bonds. The Balaban J connectivity index is 1.63. The Bertz CT molecular complexity index is 886. The molecule has 0 aromatic heterocycles. The maximum atomic E-state index is 12.6. The number of hydrogen-bond acceptors (Lipinski definition) is 4. The summed E-state index contributed by atoms with van der Waals surface area (Å²) in [5, 5.41) is 22.1.